The summed E-state index contributed by atoms with van der Waals surface area (Å²) < 4.78 is 14.7. The molecule has 3 atom stereocenters. The summed E-state index contributed by atoms with van der Waals surface area (Å²) in [7, 11) is -4.86. The molecule has 10 heteroatoms. The predicted molar refractivity (Wildman–Crippen MR) is 55.0 cm³/mol. The van der Waals surface area contributed by atoms with Gasteiger partial charge in [-0.1, -0.05) is 0 Å². The molecule has 0 spiro atoms. The first-order valence-corrected chi connectivity index (χ1v) is 5.78. The molecule has 0 amide bonds. The second-order valence-corrected chi connectivity index (χ2v) is 4.51. The molecule has 1 radical (unpaired) electrons. The van der Waals surface area contributed by atoms with Crippen molar-refractivity contribution in [1.29, 1.82) is 0 Å². The quantitative estimate of drug-likeness (QED) is 0.301. The summed E-state index contributed by atoms with van der Waals surface area (Å²) in [6.45, 7) is 0. The van der Waals surface area contributed by atoms with Crippen LogP contribution >= 0.6 is 7.82 Å². The summed E-state index contributed by atoms with van der Waals surface area (Å²) in [5.74, 6) is -1.34. The summed E-state index contributed by atoms with van der Waals surface area (Å²) in [5.41, 5.74) is -0.267. The molecule has 1 aliphatic rings. The SMILES string of the molecule is O=C(O)C1=C[C@@H](OP(=O)(O)O)[C@@H](O)[C@H](O)C1.[Na]. The Morgan fingerprint density at radius 1 is 1.41 bits per heavy atom. The van der Waals surface area contributed by atoms with E-state index in [1.54, 1.807) is 0 Å². The molecule has 0 aromatic carbocycles. The van der Waals surface area contributed by atoms with Gasteiger partial charge in [0.15, 0.2) is 0 Å². The molecule has 17 heavy (non-hydrogen) atoms. The van der Waals surface area contributed by atoms with Gasteiger partial charge in [0.2, 0.25) is 0 Å². The first kappa shape index (κ1) is 17.2. The number of aliphatic hydroxyl groups is 2. The molecule has 0 aromatic heterocycles. The van der Waals surface area contributed by atoms with Crippen LogP contribution in [0, 0.1) is 0 Å². The van der Waals surface area contributed by atoms with Crippen LogP contribution in [0.4, 0.5) is 0 Å². The van der Waals surface area contributed by atoms with E-state index in [0.29, 0.717) is 0 Å². The minimum Gasteiger partial charge on any atom is -0.478 e. The first-order valence-electron chi connectivity index (χ1n) is 4.25. The van der Waals surface area contributed by atoms with Crippen LogP contribution in [-0.4, -0.2) is 78.9 Å². The molecule has 0 aromatic rings. The van der Waals surface area contributed by atoms with Crippen molar-refractivity contribution < 1.29 is 39.0 Å². The van der Waals surface area contributed by atoms with Crippen molar-refractivity contribution in [2.24, 2.45) is 0 Å². The average molecular weight is 277 g/mol. The number of carboxylic acids is 1. The number of rotatable bonds is 3. The van der Waals surface area contributed by atoms with Crippen LogP contribution in [0.15, 0.2) is 11.6 Å². The van der Waals surface area contributed by atoms with Crippen molar-refractivity contribution in [2.45, 2.75) is 24.7 Å². The van der Waals surface area contributed by atoms with E-state index >= 15 is 0 Å². The second-order valence-electron chi connectivity index (χ2n) is 3.32. The summed E-state index contributed by atoms with van der Waals surface area (Å²) in [6, 6.07) is 0. The Kier molecular flexibility index (Phi) is 6.51. The largest absolute Gasteiger partial charge is 0.478 e. The van der Waals surface area contributed by atoms with Gasteiger partial charge >= 0.3 is 13.8 Å². The van der Waals surface area contributed by atoms with Crippen molar-refractivity contribution in [3.05, 3.63) is 11.6 Å². The normalized spacial score (nSPS) is 29.2. The Balaban J connectivity index is 0.00000256. The van der Waals surface area contributed by atoms with Gasteiger partial charge in [-0.15, -0.1) is 0 Å². The van der Waals surface area contributed by atoms with Crippen molar-refractivity contribution >= 4 is 43.3 Å². The molecule has 1 rings (SSSR count). The molecule has 0 bridgehead atoms. The maximum absolute atomic E-state index is 10.6. The van der Waals surface area contributed by atoms with E-state index in [0.717, 1.165) is 6.08 Å². The summed E-state index contributed by atoms with van der Waals surface area (Å²) in [4.78, 5) is 27.6. The van der Waals surface area contributed by atoms with Gasteiger partial charge in [0.1, 0.15) is 12.2 Å². The van der Waals surface area contributed by atoms with Crippen LogP contribution < -0.4 is 0 Å². The number of phosphoric acid groups is 1. The molecule has 0 fully saturated rings. The third kappa shape index (κ3) is 5.17. The molecule has 93 valence electrons. The van der Waals surface area contributed by atoms with E-state index in [4.69, 9.17) is 14.9 Å². The minimum absolute atomic E-state index is 0. The summed E-state index contributed by atoms with van der Waals surface area (Å²) in [6.07, 6.45) is -3.99. The molecular formula is C7H11NaO8P. The molecule has 0 saturated carbocycles. The monoisotopic (exact) mass is 277 g/mol. The van der Waals surface area contributed by atoms with Crippen molar-refractivity contribution in [3.8, 4) is 0 Å². The Hall–Kier alpha value is 0.240. The summed E-state index contributed by atoms with van der Waals surface area (Å²) in [5, 5.41) is 27.3. The Labute approximate surface area is 118 Å². The minimum atomic E-state index is -4.86. The van der Waals surface area contributed by atoms with Crippen LogP contribution in [0.3, 0.4) is 0 Å². The molecular weight excluding hydrogens is 266 g/mol. The number of hydrogen-bond donors (Lipinski definition) is 5. The Morgan fingerprint density at radius 2 is 1.94 bits per heavy atom. The van der Waals surface area contributed by atoms with Gasteiger partial charge in [0, 0.05) is 41.6 Å². The number of carboxylic acid groups (broad SMARTS) is 1. The number of aliphatic hydroxyl groups excluding tert-OH is 2. The van der Waals surface area contributed by atoms with Crippen LogP contribution in [0.5, 0.6) is 0 Å². The summed E-state index contributed by atoms with van der Waals surface area (Å²) >= 11 is 0. The molecule has 5 N–H and O–H groups in total. The van der Waals surface area contributed by atoms with Crippen LogP contribution in [0.2, 0.25) is 0 Å². The van der Waals surface area contributed by atoms with E-state index in [1.807, 2.05) is 0 Å². The van der Waals surface area contributed by atoms with Gasteiger partial charge < -0.3 is 25.1 Å². The fourth-order valence-electron chi connectivity index (χ4n) is 1.34. The van der Waals surface area contributed by atoms with Crippen LogP contribution in [0.25, 0.3) is 0 Å². The van der Waals surface area contributed by atoms with Gasteiger partial charge in [-0.3, -0.25) is 4.52 Å². The number of carbonyl (C=O) groups is 1. The van der Waals surface area contributed by atoms with Gasteiger partial charge in [-0.05, 0) is 6.08 Å². The number of hydrogen-bond acceptors (Lipinski definition) is 5. The van der Waals surface area contributed by atoms with Crippen molar-refractivity contribution in [3.63, 3.8) is 0 Å². The topological polar surface area (TPSA) is 145 Å². The van der Waals surface area contributed by atoms with E-state index in [9.17, 15) is 19.6 Å². The van der Waals surface area contributed by atoms with Gasteiger partial charge in [0.25, 0.3) is 0 Å². The third-order valence-corrected chi connectivity index (χ3v) is 2.58. The maximum Gasteiger partial charge on any atom is 0.470 e. The standard InChI is InChI=1S/C7H11O8P.Na/c8-4-1-3(7(10)11)2-5(6(4)9)15-16(12,13)14;/h2,4-6,8-9H,1H2,(H,10,11)(H2,12,13,14);/t4-,5-,6+;/m1./s1. The average Bonchev–Trinajstić information content (AvgIpc) is 2.10. The molecule has 1 aliphatic carbocycles. The van der Waals surface area contributed by atoms with Gasteiger partial charge in [-0.25, -0.2) is 9.36 Å². The van der Waals surface area contributed by atoms with Gasteiger partial charge in [-0.2, -0.15) is 0 Å². The first-order chi connectivity index (χ1) is 7.20. The van der Waals surface area contributed by atoms with E-state index in [2.05, 4.69) is 4.52 Å². The van der Waals surface area contributed by atoms with Crippen LogP contribution in [-0.2, 0) is 13.9 Å². The van der Waals surface area contributed by atoms with Crippen molar-refractivity contribution in [2.75, 3.05) is 0 Å². The molecule has 0 unspecified atom stereocenters. The molecule has 0 aliphatic heterocycles. The zero-order valence-corrected chi connectivity index (χ0v) is 11.8. The van der Waals surface area contributed by atoms with Crippen molar-refractivity contribution in [1.82, 2.24) is 0 Å². The number of phosphoric ester groups is 1. The van der Waals surface area contributed by atoms with E-state index < -0.39 is 32.1 Å². The second kappa shape index (κ2) is 6.42. The smallest absolute Gasteiger partial charge is 0.470 e. The molecule has 0 saturated heterocycles. The molecule has 0 heterocycles. The fraction of sp³-hybridized carbons (Fsp3) is 0.571. The zero-order chi connectivity index (χ0) is 12.5. The van der Waals surface area contributed by atoms with E-state index in [-0.39, 0.29) is 41.6 Å². The zero-order valence-electron chi connectivity index (χ0n) is 8.92. The maximum atomic E-state index is 10.6. The number of aliphatic carboxylic acids is 1. The van der Waals surface area contributed by atoms with Crippen LogP contribution in [0.1, 0.15) is 6.42 Å². The predicted octanol–water partition coefficient (Wildman–Crippen LogP) is -1.78. The molecule has 8 nitrogen and oxygen atoms in total. The van der Waals surface area contributed by atoms with E-state index in [1.165, 1.54) is 0 Å². The van der Waals surface area contributed by atoms with Gasteiger partial charge in [0.05, 0.1) is 6.10 Å². The third-order valence-electron chi connectivity index (χ3n) is 2.06. The fourth-order valence-corrected chi connectivity index (χ4v) is 1.84. The Bertz CT molecular complexity index is 363. The Morgan fingerprint density at radius 3 is 2.35 bits per heavy atom.